The van der Waals surface area contributed by atoms with Crippen LogP contribution in [0.5, 0.6) is 0 Å². The number of rotatable bonds is 3. The van der Waals surface area contributed by atoms with Gasteiger partial charge in [0.2, 0.25) is 0 Å². The molecule has 1 aliphatic carbocycles. The van der Waals surface area contributed by atoms with Gasteiger partial charge in [-0.15, -0.1) is 0 Å². The Labute approximate surface area is 118 Å². The van der Waals surface area contributed by atoms with E-state index >= 15 is 0 Å². The maximum atomic E-state index is 12.9. The molecule has 0 aliphatic heterocycles. The number of benzene rings is 1. The van der Waals surface area contributed by atoms with Gasteiger partial charge in [0.05, 0.1) is 16.9 Å². The van der Waals surface area contributed by atoms with Crippen LogP contribution in [0.4, 0.5) is 28.0 Å². The third kappa shape index (κ3) is 3.84. The Balaban J connectivity index is 2.03. The summed E-state index contributed by atoms with van der Waals surface area (Å²) < 4.78 is 51.1. The van der Waals surface area contributed by atoms with Gasteiger partial charge in [0.25, 0.3) is 0 Å². The Hall–Kier alpha value is -1.83. The summed E-state index contributed by atoms with van der Waals surface area (Å²) in [6, 6.07) is 1.10. The van der Waals surface area contributed by atoms with Gasteiger partial charge in [-0.1, -0.05) is 0 Å². The van der Waals surface area contributed by atoms with Crippen LogP contribution in [0.2, 0.25) is 0 Å². The zero-order valence-corrected chi connectivity index (χ0v) is 10.9. The highest BCUT2D eigenvalue weighted by Gasteiger charge is 2.36. The fourth-order valence-electron chi connectivity index (χ4n) is 2.03. The van der Waals surface area contributed by atoms with Crippen LogP contribution < -0.4 is 10.6 Å². The molecule has 3 N–H and O–H groups in total. The van der Waals surface area contributed by atoms with Gasteiger partial charge in [-0.2, -0.15) is 13.2 Å². The number of alkyl halides is 3. The molecule has 0 unspecified atom stereocenters. The summed E-state index contributed by atoms with van der Waals surface area (Å²) in [7, 11) is 0. The standard InChI is InChI=1S/C13H14F4N2O2/c14-8-2-3-10(9(6-8)13(15,16)17)19-11(20)18-7-12(21)4-1-5-12/h2-3,6,21H,1,4-5,7H2,(H2,18,19,20). The molecule has 0 radical (unpaired) electrons. The second kappa shape index (κ2) is 5.51. The maximum absolute atomic E-state index is 12.9. The van der Waals surface area contributed by atoms with E-state index in [1.54, 1.807) is 0 Å². The third-order valence-corrected chi connectivity index (χ3v) is 3.40. The molecule has 2 amide bonds. The molecule has 1 aliphatic rings. The number of anilines is 1. The number of aliphatic hydroxyl groups is 1. The van der Waals surface area contributed by atoms with E-state index < -0.39 is 34.9 Å². The number of hydrogen-bond acceptors (Lipinski definition) is 2. The molecule has 116 valence electrons. The summed E-state index contributed by atoms with van der Waals surface area (Å²) in [4.78, 5) is 11.6. The minimum atomic E-state index is -4.78. The minimum Gasteiger partial charge on any atom is -0.388 e. The van der Waals surface area contributed by atoms with E-state index in [4.69, 9.17) is 0 Å². The molecule has 1 saturated carbocycles. The molecule has 0 aromatic heterocycles. The number of carbonyl (C=O) groups is 1. The molecular weight excluding hydrogens is 292 g/mol. The smallest absolute Gasteiger partial charge is 0.388 e. The van der Waals surface area contributed by atoms with Gasteiger partial charge in [-0.25, -0.2) is 9.18 Å². The average Bonchev–Trinajstić information content (AvgIpc) is 2.35. The van der Waals surface area contributed by atoms with Crippen LogP contribution in [-0.2, 0) is 6.18 Å². The number of urea groups is 1. The van der Waals surface area contributed by atoms with E-state index in [9.17, 15) is 27.5 Å². The minimum absolute atomic E-state index is 0.0403. The van der Waals surface area contributed by atoms with Crippen LogP contribution in [0, 0.1) is 5.82 Å². The maximum Gasteiger partial charge on any atom is 0.418 e. The molecular formula is C13H14F4N2O2. The predicted molar refractivity (Wildman–Crippen MR) is 67.2 cm³/mol. The largest absolute Gasteiger partial charge is 0.418 e. The first kappa shape index (κ1) is 15.6. The van der Waals surface area contributed by atoms with E-state index in [2.05, 4.69) is 5.32 Å². The lowest BCUT2D eigenvalue weighted by Crippen LogP contribution is -2.48. The Morgan fingerprint density at radius 2 is 2.00 bits per heavy atom. The van der Waals surface area contributed by atoms with Crippen molar-refractivity contribution in [2.24, 2.45) is 0 Å². The summed E-state index contributed by atoms with van der Waals surface area (Å²) in [6.07, 6.45) is -2.86. The van der Waals surface area contributed by atoms with Gasteiger partial charge in [-0.3, -0.25) is 0 Å². The summed E-state index contributed by atoms with van der Waals surface area (Å²) >= 11 is 0. The quantitative estimate of drug-likeness (QED) is 0.752. The molecule has 21 heavy (non-hydrogen) atoms. The Kier molecular flexibility index (Phi) is 4.08. The van der Waals surface area contributed by atoms with Gasteiger partial charge in [0.15, 0.2) is 0 Å². The van der Waals surface area contributed by atoms with Crippen LogP contribution in [0.15, 0.2) is 18.2 Å². The zero-order valence-electron chi connectivity index (χ0n) is 10.9. The first-order valence-electron chi connectivity index (χ1n) is 6.34. The highest BCUT2D eigenvalue weighted by atomic mass is 19.4. The van der Waals surface area contributed by atoms with Gasteiger partial charge >= 0.3 is 12.2 Å². The molecule has 0 spiro atoms. The first-order chi connectivity index (χ1) is 9.70. The summed E-state index contributed by atoms with van der Waals surface area (Å²) in [5, 5.41) is 14.1. The van der Waals surface area contributed by atoms with Crippen molar-refractivity contribution in [3.63, 3.8) is 0 Å². The van der Waals surface area contributed by atoms with E-state index in [1.165, 1.54) is 0 Å². The van der Waals surface area contributed by atoms with Crippen molar-refractivity contribution in [1.82, 2.24) is 5.32 Å². The van der Waals surface area contributed by atoms with Crippen molar-refractivity contribution in [2.45, 2.75) is 31.0 Å². The van der Waals surface area contributed by atoms with Crippen molar-refractivity contribution in [2.75, 3.05) is 11.9 Å². The van der Waals surface area contributed by atoms with Crippen molar-refractivity contribution < 1.29 is 27.5 Å². The Morgan fingerprint density at radius 1 is 1.33 bits per heavy atom. The van der Waals surface area contributed by atoms with Crippen molar-refractivity contribution in [1.29, 1.82) is 0 Å². The van der Waals surface area contributed by atoms with Crippen LogP contribution in [0.1, 0.15) is 24.8 Å². The lowest BCUT2D eigenvalue weighted by molar-refractivity contribution is -0.137. The molecule has 0 heterocycles. The zero-order chi connectivity index (χ0) is 15.7. The van der Waals surface area contributed by atoms with Crippen molar-refractivity contribution >= 4 is 11.7 Å². The Bertz CT molecular complexity index is 541. The van der Waals surface area contributed by atoms with Crippen LogP contribution in [-0.4, -0.2) is 23.3 Å². The van der Waals surface area contributed by atoms with Gasteiger partial charge in [0, 0.05) is 6.54 Å². The molecule has 0 saturated heterocycles. The van der Waals surface area contributed by atoms with Crippen molar-refractivity contribution in [3.8, 4) is 0 Å². The van der Waals surface area contributed by atoms with Crippen molar-refractivity contribution in [3.05, 3.63) is 29.6 Å². The van der Waals surface area contributed by atoms with Crippen LogP contribution in [0.25, 0.3) is 0 Å². The topological polar surface area (TPSA) is 61.4 Å². The number of nitrogens with one attached hydrogen (secondary N) is 2. The molecule has 4 nitrogen and oxygen atoms in total. The van der Waals surface area contributed by atoms with Gasteiger partial charge < -0.3 is 15.7 Å². The molecule has 1 aromatic carbocycles. The van der Waals surface area contributed by atoms with E-state index in [0.29, 0.717) is 18.9 Å². The molecule has 1 aromatic rings. The lowest BCUT2D eigenvalue weighted by Gasteiger charge is -2.36. The molecule has 1 fully saturated rings. The monoisotopic (exact) mass is 306 g/mol. The fourth-order valence-corrected chi connectivity index (χ4v) is 2.03. The van der Waals surface area contributed by atoms with Gasteiger partial charge in [0.1, 0.15) is 5.82 Å². The van der Waals surface area contributed by atoms with E-state index in [1.807, 2.05) is 5.32 Å². The van der Waals surface area contributed by atoms with Gasteiger partial charge in [-0.05, 0) is 37.5 Å². The molecule has 0 bridgehead atoms. The second-order valence-electron chi connectivity index (χ2n) is 5.07. The highest BCUT2D eigenvalue weighted by molar-refractivity contribution is 5.90. The van der Waals surface area contributed by atoms with Crippen LogP contribution in [0.3, 0.4) is 0 Å². The van der Waals surface area contributed by atoms with E-state index in [0.717, 1.165) is 18.6 Å². The summed E-state index contributed by atoms with van der Waals surface area (Å²) in [5.41, 5.74) is -2.78. The third-order valence-electron chi connectivity index (χ3n) is 3.40. The summed E-state index contributed by atoms with van der Waals surface area (Å²) in [5.74, 6) is -1.04. The SMILES string of the molecule is O=C(NCC1(O)CCC1)Nc1ccc(F)cc1C(F)(F)F. The molecule has 0 atom stereocenters. The number of carbonyl (C=O) groups excluding carboxylic acids is 1. The highest BCUT2D eigenvalue weighted by Crippen LogP contribution is 2.35. The lowest BCUT2D eigenvalue weighted by atomic mass is 9.80. The average molecular weight is 306 g/mol. The number of halogens is 4. The van der Waals surface area contributed by atoms with E-state index in [-0.39, 0.29) is 6.54 Å². The molecule has 2 rings (SSSR count). The number of amides is 2. The predicted octanol–water partition coefficient (Wildman–Crippen LogP) is 2.88. The van der Waals surface area contributed by atoms with Crippen LogP contribution >= 0.6 is 0 Å². The molecule has 8 heteroatoms. The second-order valence-corrected chi connectivity index (χ2v) is 5.07. The first-order valence-corrected chi connectivity index (χ1v) is 6.34. The fraction of sp³-hybridized carbons (Fsp3) is 0.462. The number of hydrogen-bond donors (Lipinski definition) is 3. The summed E-state index contributed by atoms with van der Waals surface area (Å²) in [6.45, 7) is -0.0403. The normalized spacial score (nSPS) is 17.0. The Morgan fingerprint density at radius 3 is 2.52 bits per heavy atom.